The fourth-order valence-corrected chi connectivity index (χ4v) is 0.991. The third kappa shape index (κ3) is 1.08. The minimum absolute atomic E-state index is 0.0301. The van der Waals surface area contributed by atoms with Gasteiger partial charge in [-0.15, -0.1) is 0 Å². The molecule has 5 heteroatoms. The highest BCUT2D eigenvalue weighted by Crippen LogP contribution is 2.08. The van der Waals surface area contributed by atoms with Crippen molar-refractivity contribution in [3.63, 3.8) is 0 Å². The molecule has 0 aliphatic rings. The molecule has 0 aliphatic heterocycles. The van der Waals surface area contributed by atoms with Gasteiger partial charge >= 0.3 is 0 Å². The van der Waals surface area contributed by atoms with E-state index in [0.29, 0.717) is 0 Å². The predicted molar refractivity (Wildman–Crippen MR) is 33.9 cm³/mol. The number of aromatic nitrogens is 1. The summed E-state index contributed by atoms with van der Waals surface area (Å²) in [5.74, 6) is 0. The van der Waals surface area contributed by atoms with E-state index in [-0.39, 0.29) is 4.90 Å². The van der Waals surface area contributed by atoms with E-state index in [0.717, 1.165) is 17.9 Å². The Morgan fingerprint density at radius 1 is 1.70 bits per heavy atom. The summed E-state index contributed by atoms with van der Waals surface area (Å²) < 4.78 is 26.0. The average molecular weight is 159 g/mol. The van der Waals surface area contributed by atoms with Crippen LogP contribution in [0.1, 0.15) is 0 Å². The summed E-state index contributed by atoms with van der Waals surface area (Å²) in [7, 11) is -3.35. The highest BCUT2D eigenvalue weighted by molar-refractivity contribution is 7.94. The molecule has 0 spiro atoms. The third-order valence-electron chi connectivity index (χ3n) is 0.958. The molecular formula is C5H5NO3S. The van der Waals surface area contributed by atoms with Crippen LogP contribution in [0.2, 0.25) is 0 Å². The van der Waals surface area contributed by atoms with Crippen molar-refractivity contribution in [1.29, 1.82) is 0 Å². The van der Waals surface area contributed by atoms with E-state index < -0.39 is 9.84 Å². The molecule has 1 rings (SSSR count). The van der Waals surface area contributed by atoms with Crippen molar-refractivity contribution in [2.24, 2.45) is 0 Å². The average Bonchev–Trinajstić information content (AvgIpc) is 2.38. The molecule has 1 heterocycles. The minimum Gasteiger partial charge on any atom is -0.363 e. The van der Waals surface area contributed by atoms with Gasteiger partial charge in [-0.3, -0.25) is 0 Å². The van der Waals surface area contributed by atoms with Crippen LogP contribution in [0, 0.1) is 0 Å². The molecule has 0 radical (unpaired) electrons. The highest BCUT2D eigenvalue weighted by Gasteiger charge is 2.10. The maximum absolute atomic E-state index is 10.8. The molecule has 0 fully saturated rings. The van der Waals surface area contributed by atoms with E-state index in [1.165, 1.54) is 0 Å². The Labute approximate surface area is 58.1 Å². The maximum atomic E-state index is 10.8. The first kappa shape index (κ1) is 7.01. The molecular weight excluding hydrogens is 154 g/mol. The molecule has 0 bridgehead atoms. The summed E-state index contributed by atoms with van der Waals surface area (Å²) in [5.41, 5.74) is 0. The Kier molecular flexibility index (Phi) is 1.58. The van der Waals surface area contributed by atoms with Crippen LogP contribution in [-0.2, 0) is 9.84 Å². The zero-order valence-corrected chi connectivity index (χ0v) is 5.84. The Hall–Kier alpha value is -1.10. The molecule has 0 unspecified atom stereocenters. The van der Waals surface area contributed by atoms with Gasteiger partial charge in [0.2, 0.25) is 9.84 Å². The fourth-order valence-electron chi connectivity index (χ4n) is 0.432. The van der Waals surface area contributed by atoms with Gasteiger partial charge in [0.15, 0.2) is 0 Å². The molecule has 0 saturated carbocycles. The summed E-state index contributed by atoms with van der Waals surface area (Å²) in [6.45, 7) is 3.13. The van der Waals surface area contributed by atoms with Crippen LogP contribution in [0.25, 0.3) is 0 Å². The van der Waals surface area contributed by atoms with E-state index >= 15 is 0 Å². The summed E-state index contributed by atoms with van der Waals surface area (Å²) in [6, 6.07) is 0. The molecule has 0 amide bonds. The number of rotatable bonds is 2. The second kappa shape index (κ2) is 2.26. The lowest BCUT2D eigenvalue weighted by Crippen LogP contribution is -1.91. The Bertz CT molecular complexity index is 311. The normalized spacial score (nSPS) is 11.2. The number of sulfone groups is 1. The van der Waals surface area contributed by atoms with E-state index in [1.54, 1.807) is 0 Å². The van der Waals surface area contributed by atoms with Gasteiger partial charge in [0, 0.05) is 5.41 Å². The molecule has 0 aliphatic carbocycles. The van der Waals surface area contributed by atoms with Crippen molar-refractivity contribution in [3.05, 3.63) is 24.4 Å². The first-order chi connectivity index (χ1) is 4.67. The first-order valence-corrected chi connectivity index (χ1v) is 3.98. The van der Waals surface area contributed by atoms with Gasteiger partial charge in [-0.25, -0.2) is 8.42 Å². The highest BCUT2D eigenvalue weighted by atomic mass is 32.2. The second-order valence-corrected chi connectivity index (χ2v) is 3.47. The van der Waals surface area contributed by atoms with Crippen molar-refractivity contribution >= 4 is 9.84 Å². The van der Waals surface area contributed by atoms with Gasteiger partial charge in [0.25, 0.3) is 0 Å². The van der Waals surface area contributed by atoms with Gasteiger partial charge in [-0.2, -0.15) is 0 Å². The van der Waals surface area contributed by atoms with Crippen LogP contribution >= 0.6 is 0 Å². The molecule has 0 aromatic carbocycles. The van der Waals surface area contributed by atoms with Crippen LogP contribution in [-0.4, -0.2) is 13.6 Å². The van der Waals surface area contributed by atoms with E-state index in [2.05, 4.69) is 16.3 Å². The number of nitrogens with zero attached hydrogens (tertiary/aromatic N) is 1. The molecule has 0 atom stereocenters. The number of hydrogen-bond acceptors (Lipinski definition) is 4. The lowest BCUT2D eigenvalue weighted by atomic mass is 10.8. The summed E-state index contributed by atoms with van der Waals surface area (Å²) in [5, 5.41) is 4.08. The standard InChI is InChI=1S/C5H5NO3S/c1-2-10(7,8)5-3-6-9-4-5/h2-4H,1H2. The quantitative estimate of drug-likeness (QED) is 0.633. The molecule has 1 aromatic heterocycles. The summed E-state index contributed by atoms with van der Waals surface area (Å²) >= 11 is 0. The molecule has 54 valence electrons. The van der Waals surface area contributed by atoms with Crippen LogP contribution in [0.3, 0.4) is 0 Å². The largest absolute Gasteiger partial charge is 0.363 e. The topological polar surface area (TPSA) is 60.2 Å². The van der Waals surface area contributed by atoms with Crippen molar-refractivity contribution in [2.75, 3.05) is 0 Å². The van der Waals surface area contributed by atoms with Gasteiger partial charge < -0.3 is 4.52 Å². The molecule has 1 aromatic rings. The van der Waals surface area contributed by atoms with E-state index in [9.17, 15) is 8.42 Å². The van der Waals surface area contributed by atoms with Crippen LogP contribution in [0.4, 0.5) is 0 Å². The predicted octanol–water partition coefficient (Wildman–Crippen LogP) is 0.592. The Morgan fingerprint density at radius 2 is 2.40 bits per heavy atom. The zero-order chi connectivity index (χ0) is 7.61. The molecule has 0 N–H and O–H groups in total. The van der Waals surface area contributed by atoms with Gasteiger partial charge in [0.05, 0.1) is 6.20 Å². The van der Waals surface area contributed by atoms with Crippen molar-refractivity contribution in [3.8, 4) is 0 Å². The van der Waals surface area contributed by atoms with Crippen LogP contribution < -0.4 is 0 Å². The zero-order valence-electron chi connectivity index (χ0n) is 5.02. The monoisotopic (exact) mass is 159 g/mol. The third-order valence-corrected chi connectivity index (χ3v) is 2.26. The first-order valence-electron chi connectivity index (χ1n) is 2.44. The van der Waals surface area contributed by atoms with Crippen molar-refractivity contribution < 1.29 is 12.9 Å². The van der Waals surface area contributed by atoms with Gasteiger partial charge in [-0.1, -0.05) is 11.7 Å². The van der Waals surface area contributed by atoms with Gasteiger partial charge in [0.1, 0.15) is 11.2 Å². The van der Waals surface area contributed by atoms with E-state index in [4.69, 9.17) is 0 Å². The maximum Gasteiger partial charge on any atom is 0.204 e. The molecule has 0 saturated heterocycles. The SMILES string of the molecule is C=CS(=O)(=O)c1cnoc1. The second-order valence-electron chi connectivity index (χ2n) is 1.57. The lowest BCUT2D eigenvalue weighted by molar-refractivity contribution is 0.417. The fraction of sp³-hybridized carbons (Fsp3) is 0. The minimum atomic E-state index is -3.35. The summed E-state index contributed by atoms with van der Waals surface area (Å²) in [6.07, 6.45) is 2.17. The lowest BCUT2D eigenvalue weighted by Gasteiger charge is -1.86. The summed E-state index contributed by atoms with van der Waals surface area (Å²) in [4.78, 5) is 0.0301. The Balaban J connectivity index is 3.22. The van der Waals surface area contributed by atoms with E-state index in [1.807, 2.05) is 0 Å². The Morgan fingerprint density at radius 3 is 2.80 bits per heavy atom. The van der Waals surface area contributed by atoms with Crippen LogP contribution in [0.5, 0.6) is 0 Å². The van der Waals surface area contributed by atoms with Crippen molar-refractivity contribution in [1.82, 2.24) is 5.16 Å². The van der Waals surface area contributed by atoms with Crippen molar-refractivity contribution in [2.45, 2.75) is 4.90 Å². The number of hydrogen-bond donors (Lipinski definition) is 0. The molecule has 10 heavy (non-hydrogen) atoms. The van der Waals surface area contributed by atoms with Gasteiger partial charge in [-0.05, 0) is 0 Å². The smallest absolute Gasteiger partial charge is 0.204 e. The van der Waals surface area contributed by atoms with Crippen LogP contribution in [0.15, 0.2) is 33.9 Å². The molecule has 4 nitrogen and oxygen atoms in total.